The van der Waals surface area contributed by atoms with Crippen molar-refractivity contribution in [3.8, 4) is 5.00 Å². The van der Waals surface area contributed by atoms with Crippen molar-refractivity contribution in [2.24, 2.45) is 4.99 Å². The molecule has 0 spiro atoms. The monoisotopic (exact) mass is 396 g/mol. The van der Waals surface area contributed by atoms with E-state index in [0.717, 1.165) is 39.9 Å². The highest BCUT2D eigenvalue weighted by atomic mass is 35.5. The molecule has 0 unspecified atom stereocenters. The summed E-state index contributed by atoms with van der Waals surface area (Å²) in [5.74, 6) is 2.56. The highest BCUT2D eigenvalue weighted by molar-refractivity contribution is 7.15. The van der Waals surface area contributed by atoms with Gasteiger partial charge >= 0.3 is 0 Å². The third kappa shape index (κ3) is 2.84. The summed E-state index contributed by atoms with van der Waals surface area (Å²) in [6, 6.07) is 10.2. The summed E-state index contributed by atoms with van der Waals surface area (Å²) in [5.41, 5.74) is 3.11. The molecule has 138 valence electrons. The quantitative estimate of drug-likeness (QED) is 0.582. The summed E-state index contributed by atoms with van der Waals surface area (Å²) in [7, 11) is 0. The molecule has 0 atom stereocenters. The number of aliphatic imine (C=N–C) groups is 1. The van der Waals surface area contributed by atoms with Crippen LogP contribution in [0.1, 0.15) is 66.2 Å². The van der Waals surface area contributed by atoms with Crippen LogP contribution in [0.2, 0.25) is 5.02 Å². The second-order valence-electron chi connectivity index (χ2n) is 7.22. The molecule has 0 bridgehead atoms. The molecule has 3 heterocycles. The molecule has 2 aromatic heterocycles. The maximum atomic E-state index is 6.53. The Morgan fingerprint density at radius 2 is 1.96 bits per heavy atom. The molecular weight excluding hydrogens is 376 g/mol. The van der Waals surface area contributed by atoms with E-state index in [-0.39, 0.29) is 0 Å². The number of nitrogens with zero attached hydrogens (tertiary/aromatic N) is 4. The molecule has 1 aliphatic carbocycles. The van der Waals surface area contributed by atoms with Gasteiger partial charge in [0.05, 0.1) is 5.71 Å². The van der Waals surface area contributed by atoms with Crippen molar-refractivity contribution < 1.29 is 0 Å². The van der Waals surface area contributed by atoms with Crippen molar-refractivity contribution in [3.05, 3.63) is 63.0 Å². The van der Waals surface area contributed by atoms with E-state index in [1.807, 2.05) is 29.5 Å². The second-order valence-corrected chi connectivity index (χ2v) is 8.74. The first-order chi connectivity index (χ1) is 13.3. The van der Waals surface area contributed by atoms with Crippen LogP contribution in [-0.4, -0.2) is 20.5 Å². The van der Waals surface area contributed by atoms with Gasteiger partial charge in [0.1, 0.15) is 17.4 Å². The first-order valence-corrected chi connectivity index (χ1v) is 10.8. The molecule has 3 aromatic rings. The van der Waals surface area contributed by atoms with Crippen molar-refractivity contribution in [2.45, 2.75) is 51.5 Å². The van der Waals surface area contributed by atoms with E-state index in [1.165, 1.54) is 35.6 Å². The van der Waals surface area contributed by atoms with Crippen LogP contribution in [0.3, 0.4) is 0 Å². The minimum absolute atomic E-state index is 0.508. The summed E-state index contributed by atoms with van der Waals surface area (Å²) in [6.07, 6.45) is 5.98. The van der Waals surface area contributed by atoms with Crippen LogP contribution in [0, 0.1) is 0 Å². The predicted molar refractivity (Wildman–Crippen MR) is 111 cm³/mol. The number of hydrogen-bond donors (Lipinski definition) is 0. The van der Waals surface area contributed by atoms with E-state index in [9.17, 15) is 0 Å². The van der Waals surface area contributed by atoms with Crippen molar-refractivity contribution in [1.82, 2.24) is 14.8 Å². The number of fused-ring (bicyclic) bond motifs is 3. The SMILES string of the molecule is CCc1cc2c(s1)-n1c(nnc1C1CCCC1)CN=C2c1ccccc1Cl. The zero-order chi connectivity index (χ0) is 18.4. The normalized spacial score (nSPS) is 16.7. The van der Waals surface area contributed by atoms with Gasteiger partial charge in [-0.05, 0) is 31.4 Å². The number of rotatable bonds is 3. The Bertz CT molecular complexity index is 1030. The van der Waals surface area contributed by atoms with E-state index < -0.39 is 0 Å². The maximum Gasteiger partial charge on any atom is 0.160 e. The molecule has 1 fully saturated rings. The Morgan fingerprint density at radius 1 is 1.15 bits per heavy atom. The third-order valence-corrected chi connectivity index (χ3v) is 7.15. The zero-order valence-electron chi connectivity index (χ0n) is 15.3. The number of halogens is 1. The van der Waals surface area contributed by atoms with Crippen LogP contribution in [0.4, 0.5) is 0 Å². The van der Waals surface area contributed by atoms with E-state index in [2.05, 4.69) is 33.8 Å². The summed E-state index contributed by atoms with van der Waals surface area (Å²) in [5, 5.41) is 11.1. The highest BCUT2D eigenvalue weighted by Gasteiger charge is 2.30. The minimum atomic E-state index is 0.508. The molecule has 5 rings (SSSR count). The number of aromatic nitrogens is 3. The number of hydrogen-bond acceptors (Lipinski definition) is 4. The average molecular weight is 397 g/mol. The third-order valence-electron chi connectivity index (χ3n) is 5.55. The van der Waals surface area contributed by atoms with Crippen molar-refractivity contribution >= 4 is 28.6 Å². The lowest BCUT2D eigenvalue weighted by Gasteiger charge is -2.13. The molecule has 1 aliphatic heterocycles. The van der Waals surface area contributed by atoms with E-state index in [0.29, 0.717) is 12.5 Å². The lowest BCUT2D eigenvalue weighted by atomic mass is 10.0. The fourth-order valence-electron chi connectivity index (χ4n) is 4.16. The molecule has 1 saturated carbocycles. The van der Waals surface area contributed by atoms with Crippen LogP contribution in [0.15, 0.2) is 35.3 Å². The number of thiophene rings is 1. The molecule has 0 radical (unpaired) electrons. The van der Waals surface area contributed by atoms with Gasteiger partial charge in [0, 0.05) is 26.9 Å². The van der Waals surface area contributed by atoms with Crippen molar-refractivity contribution in [1.29, 1.82) is 0 Å². The summed E-state index contributed by atoms with van der Waals surface area (Å²) >= 11 is 8.36. The standard InChI is InChI=1S/C21H21ClN4S/c1-2-14-11-16-19(15-9-5-6-10-17(15)22)23-12-18-24-25-20(13-7-3-4-8-13)26(18)21(16)27-14/h5-6,9-11,13H,2-4,7-8,12H2,1H3. The molecule has 1 aromatic carbocycles. The van der Waals surface area contributed by atoms with Crippen LogP contribution in [0.25, 0.3) is 5.00 Å². The van der Waals surface area contributed by atoms with Crippen molar-refractivity contribution in [3.63, 3.8) is 0 Å². The molecule has 4 nitrogen and oxygen atoms in total. The molecule has 0 N–H and O–H groups in total. The summed E-state index contributed by atoms with van der Waals surface area (Å²) in [4.78, 5) is 6.29. The van der Waals surface area contributed by atoms with E-state index in [4.69, 9.17) is 16.6 Å². The van der Waals surface area contributed by atoms with Gasteiger partial charge < -0.3 is 0 Å². The summed E-state index contributed by atoms with van der Waals surface area (Å²) < 4.78 is 2.29. The Balaban J connectivity index is 1.71. The van der Waals surface area contributed by atoms with Crippen LogP contribution >= 0.6 is 22.9 Å². The first kappa shape index (κ1) is 17.1. The Kier molecular flexibility index (Phi) is 4.37. The zero-order valence-corrected chi connectivity index (χ0v) is 16.9. The average Bonchev–Trinajstić information content (AvgIpc) is 3.40. The number of aryl methyl sites for hydroxylation is 1. The molecular formula is C21H21ClN4S. The largest absolute Gasteiger partial charge is 0.276 e. The lowest BCUT2D eigenvalue weighted by molar-refractivity contribution is 0.649. The van der Waals surface area contributed by atoms with Gasteiger partial charge in [-0.25, -0.2) is 0 Å². The van der Waals surface area contributed by atoms with Gasteiger partial charge in [-0.15, -0.1) is 21.5 Å². The van der Waals surface area contributed by atoms with Crippen LogP contribution in [0.5, 0.6) is 0 Å². The molecule has 0 saturated heterocycles. The molecule has 27 heavy (non-hydrogen) atoms. The van der Waals surface area contributed by atoms with E-state index >= 15 is 0 Å². The van der Waals surface area contributed by atoms with Gasteiger partial charge in [0.25, 0.3) is 0 Å². The van der Waals surface area contributed by atoms with E-state index in [1.54, 1.807) is 0 Å². The van der Waals surface area contributed by atoms with Gasteiger partial charge in [-0.3, -0.25) is 9.56 Å². The lowest BCUT2D eigenvalue weighted by Crippen LogP contribution is -2.09. The second kappa shape index (κ2) is 6.88. The molecule has 6 heteroatoms. The summed E-state index contributed by atoms with van der Waals surface area (Å²) in [6.45, 7) is 2.73. The first-order valence-electron chi connectivity index (χ1n) is 9.63. The van der Waals surface area contributed by atoms with Gasteiger partial charge in [0.15, 0.2) is 5.82 Å². The van der Waals surface area contributed by atoms with Gasteiger partial charge in [-0.2, -0.15) is 0 Å². The van der Waals surface area contributed by atoms with Gasteiger partial charge in [-0.1, -0.05) is 49.6 Å². The van der Waals surface area contributed by atoms with Crippen molar-refractivity contribution in [2.75, 3.05) is 0 Å². The van der Waals surface area contributed by atoms with Gasteiger partial charge in [0.2, 0.25) is 0 Å². The smallest absolute Gasteiger partial charge is 0.160 e. The fourth-order valence-corrected chi connectivity index (χ4v) is 5.51. The Hall–Kier alpha value is -1.98. The number of benzene rings is 1. The Morgan fingerprint density at radius 3 is 2.74 bits per heavy atom. The topological polar surface area (TPSA) is 43.1 Å². The van der Waals surface area contributed by atoms with Crippen LogP contribution < -0.4 is 0 Å². The predicted octanol–water partition coefficient (Wildman–Crippen LogP) is 5.55. The van der Waals surface area contributed by atoms with Crippen LogP contribution in [-0.2, 0) is 13.0 Å². The highest BCUT2D eigenvalue weighted by Crippen LogP contribution is 2.39. The Labute approximate surface area is 167 Å². The molecule has 0 amide bonds. The maximum absolute atomic E-state index is 6.53. The molecule has 2 aliphatic rings. The minimum Gasteiger partial charge on any atom is -0.276 e. The fraction of sp³-hybridized carbons (Fsp3) is 0.381.